The molecule has 1 atom stereocenters. The quantitative estimate of drug-likeness (QED) is 0.123. The Kier molecular flexibility index (Phi) is 8.38. The molecule has 8 nitrogen and oxygen atoms in total. The molecular formula is C33H38N4O4SSi. The molecule has 3 aromatic carbocycles. The SMILES string of the molecule is COC(c1c(C)cc(C)c2c1ccn2S(=O)(=O)c1ccc(C)cc1)c1nc2cc(C#N)ccc2n1COCC[Si](C)(C)C. The first-order valence-electron chi connectivity index (χ1n) is 14.3. The molecule has 0 aliphatic rings. The van der Waals surface area contributed by atoms with Crippen LogP contribution in [0.25, 0.3) is 21.9 Å². The zero-order valence-electron chi connectivity index (χ0n) is 25.8. The van der Waals surface area contributed by atoms with Gasteiger partial charge < -0.3 is 14.0 Å². The van der Waals surface area contributed by atoms with E-state index < -0.39 is 24.2 Å². The van der Waals surface area contributed by atoms with Crippen LogP contribution >= 0.6 is 0 Å². The van der Waals surface area contributed by atoms with E-state index in [-0.39, 0.29) is 11.6 Å². The third kappa shape index (κ3) is 5.91. The molecule has 0 N–H and O–H groups in total. The van der Waals surface area contributed by atoms with E-state index in [4.69, 9.17) is 14.5 Å². The van der Waals surface area contributed by atoms with E-state index >= 15 is 0 Å². The molecule has 0 aliphatic heterocycles. The van der Waals surface area contributed by atoms with Gasteiger partial charge in [-0.25, -0.2) is 17.4 Å². The molecule has 0 spiro atoms. The Hall–Kier alpha value is -3.75. The molecule has 224 valence electrons. The largest absolute Gasteiger partial charge is 0.369 e. The molecule has 0 radical (unpaired) electrons. The molecule has 0 saturated carbocycles. The summed E-state index contributed by atoms with van der Waals surface area (Å²) in [4.78, 5) is 5.20. The lowest BCUT2D eigenvalue weighted by Crippen LogP contribution is -2.22. The van der Waals surface area contributed by atoms with Crippen molar-refractivity contribution in [3.05, 3.63) is 94.4 Å². The number of imidazole rings is 1. The van der Waals surface area contributed by atoms with Gasteiger partial charge in [0.05, 0.1) is 33.1 Å². The van der Waals surface area contributed by atoms with Crippen molar-refractivity contribution in [3.63, 3.8) is 0 Å². The van der Waals surface area contributed by atoms with E-state index in [1.54, 1.807) is 49.7 Å². The summed E-state index contributed by atoms with van der Waals surface area (Å²) in [5.41, 5.74) is 6.25. The molecule has 1 unspecified atom stereocenters. The van der Waals surface area contributed by atoms with Gasteiger partial charge in [0.2, 0.25) is 0 Å². The highest BCUT2D eigenvalue weighted by molar-refractivity contribution is 7.90. The Morgan fingerprint density at radius 1 is 1.00 bits per heavy atom. The van der Waals surface area contributed by atoms with E-state index in [0.717, 1.165) is 39.2 Å². The lowest BCUT2D eigenvalue weighted by Gasteiger charge is -2.22. The van der Waals surface area contributed by atoms with Crippen molar-refractivity contribution in [2.24, 2.45) is 0 Å². The Morgan fingerprint density at radius 3 is 2.37 bits per heavy atom. The third-order valence-electron chi connectivity index (χ3n) is 7.81. The number of methoxy groups -OCH3 is 1. The summed E-state index contributed by atoms with van der Waals surface area (Å²) in [6.07, 6.45) is 0.990. The van der Waals surface area contributed by atoms with Crippen LogP contribution in [-0.4, -0.2) is 43.7 Å². The number of hydrogen-bond donors (Lipinski definition) is 0. The molecule has 43 heavy (non-hydrogen) atoms. The molecule has 0 fully saturated rings. The summed E-state index contributed by atoms with van der Waals surface area (Å²) in [6, 6.07) is 19.4. The van der Waals surface area contributed by atoms with Crippen molar-refractivity contribution in [2.45, 2.75) is 64.2 Å². The van der Waals surface area contributed by atoms with E-state index in [9.17, 15) is 13.7 Å². The van der Waals surface area contributed by atoms with Crippen LogP contribution in [-0.2, 0) is 26.2 Å². The summed E-state index contributed by atoms with van der Waals surface area (Å²) in [7, 11) is -3.50. The molecule has 10 heteroatoms. The average Bonchev–Trinajstić information content (AvgIpc) is 3.55. The second-order valence-corrected chi connectivity index (χ2v) is 19.7. The second-order valence-electron chi connectivity index (χ2n) is 12.3. The molecule has 2 heterocycles. The fraction of sp³-hybridized carbons (Fsp3) is 0.333. The zero-order valence-corrected chi connectivity index (χ0v) is 27.6. The van der Waals surface area contributed by atoms with Crippen LogP contribution in [0.5, 0.6) is 0 Å². The maximum absolute atomic E-state index is 13.8. The molecule has 2 aromatic heterocycles. The maximum Gasteiger partial charge on any atom is 0.268 e. The molecule has 0 aliphatic carbocycles. The first kappa shape index (κ1) is 30.7. The minimum absolute atomic E-state index is 0.228. The zero-order chi connectivity index (χ0) is 31.1. The highest BCUT2D eigenvalue weighted by Crippen LogP contribution is 2.38. The van der Waals surface area contributed by atoms with Crippen molar-refractivity contribution < 1.29 is 17.9 Å². The first-order valence-corrected chi connectivity index (χ1v) is 19.4. The van der Waals surface area contributed by atoms with Gasteiger partial charge in [-0.15, -0.1) is 0 Å². The summed E-state index contributed by atoms with van der Waals surface area (Å²) < 4.78 is 43.3. The number of hydrogen-bond acceptors (Lipinski definition) is 6. The number of rotatable bonds is 10. The van der Waals surface area contributed by atoms with Gasteiger partial charge in [0.25, 0.3) is 10.0 Å². The van der Waals surface area contributed by atoms with Crippen LogP contribution in [0, 0.1) is 32.1 Å². The topological polar surface area (TPSA) is 99.1 Å². The van der Waals surface area contributed by atoms with Crippen LogP contribution < -0.4 is 0 Å². The van der Waals surface area contributed by atoms with Gasteiger partial charge in [0.15, 0.2) is 0 Å². The minimum Gasteiger partial charge on any atom is -0.369 e. The van der Waals surface area contributed by atoms with Crippen molar-refractivity contribution in [2.75, 3.05) is 13.7 Å². The summed E-state index contributed by atoms with van der Waals surface area (Å²) >= 11 is 0. The van der Waals surface area contributed by atoms with Gasteiger partial charge in [-0.2, -0.15) is 5.26 Å². The number of nitrogens with zero attached hydrogens (tertiary/aromatic N) is 4. The van der Waals surface area contributed by atoms with Gasteiger partial charge in [0.1, 0.15) is 18.7 Å². The van der Waals surface area contributed by atoms with E-state index in [2.05, 4.69) is 25.7 Å². The van der Waals surface area contributed by atoms with Crippen molar-refractivity contribution in [1.82, 2.24) is 13.5 Å². The lowest BCUT2D eigenvalue weighted by molar-refractivity contribution is 0.0740. The summed E-state index contributed by atoms with van der Waals surface area (Å²) in [5, 5.41) is 10.3. The Labute approximate surface area is 254 Å². The Morgan fingerprint density at radius 2 is 1.72 bits per heavy atom. The molecule has 5 aromatic rings. The van der Waals surface area contributed by atoms with Gasteiger partial charge in [-0.3, -0.25) is 0 Å². The van der Waals surface area contributed by atoms with Crippen molar-refractivity contribution >= 4 is 40.0 Å². The molecule has 5 rings (SSSR count). The highest BCUT2D eigenvalue weighted by atomic mass is 32.2. The van der Waals surface area contributed by atoms with Gasteiger partial charge in [-0.1, -0.05) is 43.4 Å². The van der Waals surface area contributed by atoms with Gasteiger partial charge >= 0.3 is 0 Å². The summed E-state index contributed by atoms with van der Waals surface area (Å²) in [6.45, 7) is 13.7. The minimum atomic E-state index is -3.84. The fourth-order valence-electron chi connectivity index (χ4n) is 5.51. The number of benzene rings is 3. The molecular weight excluding hydrogens is 577 g/mol. The van der Waals surface area contributed by atoms with Crippen LogP contribution in [0.3, 0.4) is 0 Å². The fourth-order valence-corrected chi connectivity index (χ4v) is 7.68. The summed E-state index contributed by atoms with van der Waals surface area (Å²) in [5.74, 6) is 0.628. The number of aryl methyl sites for hydroxylation is 3. The van der Waals surface area contributed by atoms with E-state index in [1.165, 1.54) is 3.97 Å². The monoisotopic (exact) mass is 614 g/mol. The number of aromatic nitrogens is 3. The lowest BCUT2D eigenvalue weighted by atomic mass is 9.96. The molecule has 0 amide bonds. The first-order chi connectivity index (χ1) is 20.4. The smallest absolute Gasteiger partial charge is 0.268 e. The second kappa shape index (κ2) is 11.7. The van der Waals surface area contributed by atoms with Gasteiger partial charge in [-0.05, 0) is 74.3 Å². The molecule has 0 bridgehead atoms. The van der Waals surface area contributed by atoms with E-state index in [0.29, 0.717) is 29.0 Å². The number of ether oxygens (including phenoxy) is 2. The molecule has 0 saturated heterocycles. The Bertz CT molecular complexity index is 1960. The van der Waals surface area contributed by atoms with Crippen LogP contribution in [0.1, 0.15) is 39.7 Å². The predicted octanol–water partition coefficient (Wildman–Crippen LogP) is 7.07. The normalized spacial score (nSPS) is 13.1. The standard InChI is InChI=1S/C33H38N4O4SSi/c1-22-8-11-26(12-9-22)42(38,39)37-15-14-27-30(23(2)18-24(3)31(27)37)32(40-4)33-35-28-19-25(20-34)10-13-29(28)36(33)21-41-16-17-43(5,6)7/h8-15,18-19,32H,16-17,21H2,1-7H3. The van der Waals surface area contributed by atoms with Crippen molar-refractivity contribution in [1.29, 1.82) is 5.26 Å². The third-order valence-corrected chi connectivity index (χ3v) is 11.2. The number of nitriles is 1. The highest BCUT2D eigenvalue weighted by Gasteiger charge is 2.29. The maximum atomic E-state index is 13.8. The van der Waals surface area contributed by atoms with Crippen LogP contribution in [0.4, 0.5) is 0 Å². The van der Waals surface area contributed by atoms with Crippen LogP contribution in [0.15, 0.2) is 65.7 Å². The van der Waals surface area contributed by atoms with Gasteiger partial charge in [0, 0.05) is 38.9 Å². The van der Waals surface area contributed by atoms with Crippen molar-refractivity contribution in [3.8, 4) is 6.07 Å². The average molecular weight is 615 g/mol. The van der Waals surface area contributed by atoms with E-state index in [1.807, 2.05) is 43.5 Å². The predicted molar refractivity (Wildman–Crippen MR) is 173 cm³/mol. The number of fused-ring (bicyclic) bond motifs is 2. The Balaban J connectivity index is 1.67. The van der Waals surface area contributed by atoms with Crippen LogP contribution in [0.2, 0.25) is 25.7 Å².